The Bertz CT molecular complexity index is 1470. The average molecular weight is 463 g/mol. The molecule has 0 unspecified atom stereocenters. The van der Waals surface area contributed by atoms with Gasteiger partial charge < -0.3 is 9.30 Å². The van der Waals surface area contributed by atoms with E-state index in [1.807, 2.05) is 47.0 Å². The predicted molar refractivity (Wildman–Crippen MR) is 130 cm³/mol. The molecule has 7 heteroatoms. The van der Waals surface area contributed by atoms with Crippen LogP contribution in [0.2, 0.25) is 0 Å². The van der Waals surface area contributed by atoms with Gasteiger partial charge in [0.05, 0.1) is 18.4 Å². The van der Waals surface area contributed by atoms with E-state index in [-0.39, 0.29) is 0 Å². The summed E-state index contributed by atoms with van der Waals surface area (Å²) in [6, 6.07) is 20.2. The number of aromatic nitrogens is 1. The van der Waals surface area contributed by atoms with E-state index in [4.69, 9.17) is 4.74 Å². The Hall–Kier alpha value is -3.32. The zero-order valence-corrected chi connectivity index (χ0v) is 19.3. The van der Waals surface area contributed by atoms with Crippen molar-refractivity contribution >= 4 is 37.6 Å². The first-order chi connectivity index (χ1) is 15.9. The van der Waals surface area contributed by atoms with E-state index in [2.05, 4.69) is 22.9 Å². The van der Waals surface area contributed by atoms with Gasteiger partial charge in [-0.05, 0) is 48.3 Å². The molecule has 0 radical (unpaired) electrons. The monoisotopic (exact) mass is 462 g/mol. The topological polar surface area (TPSA) is 77.4 Å². The van der Waals surface area contributed by atoms with Crippen LogP contribution in [0.1, 0.15) is 34.5 Å². The molecule has 0 atom stereocenters. The van der Waals surface area contributed by atoms with Crippen LogP contribution in [-0.2, 0) is 29.4 Å². The van der Waals surface area contributed by atoms with Gasteiger partial charge in [0.25, 0.3) is 5.91 Å². The van der Waals surface area contributed by atoms with Gasteiger partial charge in [0.1, 0.15) is 11.4 Å². The third-order valence-corrected chi connectivity index (χ3v) is 6.73. The number of aryl methyl sites for hydroxylation is 3. The molecule has 3 aromatic carbocycles. The van der Waals surface area contributed by atoms with Crippen molar-refractivity contribution in [2.24, 2.45) is 0 Å². The Balaban J connectivity index is 1.43. The SMILES string of the molecule is CS(=O)(=O)NC(=O)c1c(CCCOc2cccc3ccccc23)c2cccc3c2n1CCC3. The summed E-state index contributed by atoms with van der Waals surface area (Å²) >= 11 is 0. The van der Waals surface area contributed by atoms with E-state index in [9.17, 15) is 13.2 Å². The third-order valence-electron chi connectivity index (χ3n) is 6.17. The maximum atomic E-state index is 13.0. The molecule has 0 fully saturated rings. The zero-order valence-electron chi connectivity index (χ0n) is 18.5. The first kappa shape index (κ1) is 21.5. The Kier molecular flexibility index (Phi) is 5.58. The molecule has 1 N–H and O–H groups in total. The van der Waals surface area contributed by atoms with Gasteiger partial charge in [-0.3, -0.25) is 4.79 Å². The summed E-state index contributed by atoms with van der Waals surface area (Å²) in [6.45, 7) is 1.19. The highest BCUT2D eigenvalue weighted by atomic mass is 32.2. The predicted octanol–water partition coefficient (Wildman–Crippen LogP) is 4.44. The Labute approximate surface area is 193 Å². The first-order valence-electron chi connectivity index (χ1n) is 11.2. The minimum Gasteiger partial charge on any atom is -0.493 e. The van der Waals surface area contributed by atoms with Crippen LogP contribution in [0.5, 0.6) is 5.75 Å². The molecule has 5 rings (SSSR count). The molecule has 1 aliphatic rings. The molecule has 33 heavy (non-hydrogen) atoms. The van der Waals surface area contributed by atoms with Crippen molar-refractivity contribution in [3.8, 4) is 5.75 Å². The van der Waals surface area contributed by atoms with Crippen LogP contribution < -0.4 is 9.46 Å². The van der Waals surface area contributed by atoms with Gasteiger partial charge in [-0.2, -0.15) is 0 Å². The van der Waals surface area contributed by atoms with Crippen molar-refractivity contribution < 1.29 is 17.9 Å². The molecular weight excluding hydrogens is 436 g/mol. The summed E-state index contributed by atoms with van der Waals surface area (Å²) in [5, 5.41) is 3.22. The van der Waals surface area contributed by atoms with Crippen molar-refractivity contribution in [1.29, 1.82) is 0 Å². The third kappa shape index (κ3) is 4.20. The van der Waals surface area contributed by atoms with E-state index < -0.39 is 15.9 Å². The maximum absolute atomic E-state index is 13.0. The lowest BCUT2D eigenvalue weighted by Crippen LogP contribution is -2.32. The number of carbonyl (C=O) groups is 1. The smallest absolute Gasteiger partial charge is 0.281 e. The van der Waals surface area contributed by atoms with Crippen LogP contribution in [0.25, 0.3) is 21.7 Å². The number of carbonyl (C=O) groups excluding carboxylic acids is 1. The molecule has 1 aliphatic heterocycles. The lowest BCUT2D eigenvalue weighted by Gasteiger charge is -2.17. The molecule has 170 valence electrons. The summed E-state index contributed by atoms with van der Waals surface area (Å²) in [7, 11) is -3.66. The number of sulfonamides is 1. The number of fused-ring (bicyclic) bond motifs is 1. The van der Waals surface area contributed by atoms with Crippen molar-refractivity contribution in [3.63, 3.8) is 0 Å². The molecule has 4 aromatic rings. The van der Waals surface area contributed by atoms with Gasteiger partial charge in [0, 0.05) is 17.3 Å². The molecule has 0 saturated carbocycles. The highest BCUT2D eigenvalue weighted by molar-refractivity contribution is 7.89. The summed E-state index contributed by atoms with van der Waals surface area (Å²) in [5.41, 5.74) is 3.59. The van der Waals surface area contributed by atoms with Crippen LogP contribution in [0.15, 0.2) is 60.7 Å². The number of hydrogen-bond donors (Lipinski definition) is 1. The number of nitrogens with one attached hydrogen (secondary N) is 1. The second-order valence-electron chi connectivity index (χ2n) is 8.53. The van der Waals surface area contributed by atoms with Gasteiger partial charge in [-0.15, -0.1) is 0 Å². The van der Waals surface area contributed by atoms with Crippen molar-refractivity contribution in [2.75, 3.05) is 12.9 Å². The second-order valence-corrected chi connectivity index (χ2v) is 10.3. The largest absolute Gasteiger partial charge is 0.493 e. The Morgan fingerprint density at radius 2 is 1.79 bits per heavy atom. The quantitative estimate of drug-likeness (QED) is 0.412. The number of benzene rings is 3. The van der Waals surface area contributed by atoms with Gasteiger partial charge in [-0.1, -0.05) is 54.6 Å². The summed E-state index contributed by atoms with van der Waals surface area (Å²) < 4.78 is 33.8. The van der Waals surface area contributed by atoms with E-state index in [1.165, 1.54) is 5.56 Å². The molecule has 0 saturated heterocycles. The number of nitrogens with zero attached hydrogens (tertiary/aromatic N) is 1. The van der Waals surface area contributed by atoms with E-state index in [0.29, 0.717) is 31.7 Å². The summed E-state index contributed by atoms with van der Waals surface area (Å²) in [5.74, 6) is 0.275. The molecular formula is C26H26N2O4S. The number of ether oxygens (including phenoxy) is 1. The minimum atomic E-state index is -3.66. The molecule has 2 heterocycles. The standard InChI is InChI=1S/C26H26N2O4S/c1-33(30,31)27-26(29)25-22(21-13-4-10-19-11-6-16-28(25)24(19)21)14-7-17-32-23-15-5-9-18-8-2-3-12-20(18)23/h2-5,8-10,12-13,15H,6-7,11,14,16-17H2,1H3,(H,27,29). The summed E-state index contributed by atoms with van der Waals surface area (Å²) in [6.07, 6.45) is 4.20. The Morgan fingerprint density at radius 3 is 2.64 bits per heavy atom. The van der Waals surface area contributed by atoms with Gasteiger partial charge in [0.15, 0.2) is 0 Å². The number of amides is 1. The number of hydrogen-bond acceptors (Lipinski definition) is 4. The molecule has 6 nitrogen and oxygen atoms in total. The normalized spacial score (nSPS) is 13.4. The van der Waals surface area contributed by atoms with Crippen molar-refractivity contribution in [3.05, 3.63) is 77.5 Å². The first-order valence-corrected chi connectivity index (χ1v) is 13.1. The molecule has 0 spiro atoms. The van der Waals surface area contributed by atoms with E-state index in [1.54, 1.807) is 0 Å². The minimum absolute atomic E-state index is 0.452. The van der Waals surface area contributed by atoms with Crippen molar-refractivity contribution in [1.82, 2.24) is 9.29 Å². The van der Waals surface area contributed by atoms with Crippen LogP contribution >= 0.6 is 0 Å². The second kappa shape index (κ2) is 8.56. The fourth-order valence-electron chi connectivity index (χ4n) is 4.89. The average Bonchev–Trinajstić information content (AvgIpc) is 3.11. The number of rotatable bonds is 7. The molecule has 1 amide bonds. The van der Waals surface area contributed by atoms with Gasteiger partial charge in [-0.25, -0.2) is 13.1 Å². The maximum Gasteiger partial charge on any atom is 0.281 e. The highest BCUT2D eigenvalue weighted by Crippen LogP contribution is 2.34. The molecule has 0 bridgehead atoms. The van der Waals surface area contributed by atoms with E-state index in [0.717, 1.165) is 52.1 Å². The van der Waals surface area contributed by atoms with E-state index >= 15 is 0 Å². The van der Waals surface area contributed by atoms with Crippen LogP contribution in [0.4, 0.5) is 0 Å². The van der Waals surface area contributed by atoms with Crippen molar-refractivity contribution in [2.45, 2.75) is 32.2 Å². The molecule has 0 aliphatic carbocycles. The highest BCUT2D eigenvalue weighted by Gasteiger charge is 2.27. The fraction of sp³-hybridized carbons (Fsp3) is 0.269. The Morgan fingerprint density at radius 1 is 1.03 bits per heavy atom. The van der Waals surface area contributed by atoms with Crippen LogP contribution in [-0.4, -0.2) is 31.8 Å². The van der Waals surface area contributed by atoms with Gasteiger partial charge >= 0.3 is 0 Å². The number of para-hydroxylation sites is 1. The lowest BCUT2D eigenvalue weighted by molar-refractivity contribution is 0.0971. The zero-order chi connectivity index (χ0) is 23.0. The molecule has 1 aromatic heterocycles. The van der Waals surface area contributed by atoms with Gasteiger partial charge in [0.2, 0.25) is 10.0 Å². The lowest BCUT2D eigenvalue weighted by atomic mass is 10.0. The van der Waals surface area contributed by atoms with Crippen LogP contribution in [0, 0.1) is 0 Å². The summed E-state index contributed by atoms with van der Waals surface area (Å²) in [4.78, 5) is 13.0. The fourth-order valence-corrected chi connectivity index (χ4v) is 5.32. The van der Waals surface area contributed by atoms with Crippen LogP contribution in [0.3, 0.4) is 0 Å².